The summed E-state index contributed by atoms with van der Waals surface area (Å²) >= 11 is 0. The summed E-state index contributed by atoms with van der Waals surface area (Å²) in [5.41, 5.74) is 7.02. The third kappa shape index (κ3) is 3.15. The van der Waals surface area contributed by atoms with Gasteiger partial charge in [0, 0.05) is 11.4 Å². The van der Waals surface area contributed by atoms with Gasteiger partial charge < -0.3 is 5.73 Å². The van der Waals surface area contributed by atoms with E-state index >= 15 is 0 Å². The van der Waals surface area contributed by atoms with Gasteiger partial charge in [0.1, 0.15) is 0 Å². The van der Waals surface area contributed by atoms with Crippen molar-refractivity contribution in [1.29, 1.82) is 0 Å². The highest BCUT2D eigenvalue weighted by atomic mass is 35.5. The van der Waals surface area contributed by atoms with E-state index in [1.807, 2.05) is 28.9 Å². The third-order valence-electron chi connectivity index (χ3n) is 2.52. The number of nitrogens with zero attached hydrogens (tertiary/aromatic N) is 2. The molecule has 1 aromatic carbocycles. The molecule has 100 valence electrons. The van der Waals surface area contributed by atoms with Crippen LogP contribution in [0.15, 0.2) is 24.3 Å². The molecule has 2 aromatic rings. The van der Waals surface area contributed by atoms with Crippen molar-refractivity contribution in [2.24, 2.45) is 5.73 Å². The average Bonchev–Trinajstić information content (AvgIpc) is 2.57. The van der Waals surface area contributed by atoms with E-state index in [4.69, 9.17) is 5.73 Å². The van der Waals surface area contributed by atoms with Crippen LogP contribution in [-0.2, 0) is 11.2 Å². The van der Waals surface area contributed by atoms with Gasteiger partial charge in [0.25, 0.3) is 0 Å². The zero-order chi connectivity index (χ0) is 11.7. The van der Waals surface area contributed by atoms with Crippen molar-refractivity contribution in [3.8, 4) is 0 Å². The second kappa shape index (κ2) is 6.61. The lowest BCUT2D eigenvalue weighted by atomic mass is 10.1. The van der Waals surface area contributed by atoms with Gasteiger partial charge in [-0.05, 0) is 19.9 Å². The van der Waals surface area contributed by atoms with E-state index in [-0.39, 0.29) is 43.2 Å². The Balaban J connectivity index is 0.00000144. The molecular weight excluding hydrogens is 273 g/mol. The first-order valence-electron chi connectivity index (χ1n) is 5.34. The van der Waals surface area contributed by atoms with Crippen LogP contribution < -0.4 is 5.73 Å². The van der Waals surface area contributed by atoms with E-state index in [1.165, 1.54) is 0 Å². The molecule has 2 N–H and O–H groups in total. The molecule has 0 unspecified atom stereocenters. The Labute approximate surface area is 118 Å². The molecule has 0 aliphatic carbocycles. The molecule has 2 rings (SSSR count). The maximum absolute atomic E-state index is 11.0. The number of carbonyl (C=O) groups is 1. The predicted molar refractivity (Wildman–Crippen MR) is 77.5 cm³/mol. The fourth-order valence-corrected chi connectivity index (χ4v) is 1.84. The van der Waals surface area contributed by atoms with Crippen LogP contribution in [0.2, 0.25) is 0 Å². The lowest BCUT2D eigenvalue weighted by Gasteiger charge is -2.06. The molecule has 0 fully saturated rings. The van der Waals surface area contributed by atoms with Crippen molar-refractivity contribution in [2.75, 3.05) is 0 Å². The van der Waals surface area contributed by atoms with Crippen LogP contribution >= 0.6 is 24.8 Å². The quantitative estimate of drug-likeness (QED) is 0.944. The Morgan fingerprint density at radius 1 is 1.33 bits per heavy atom. The number of benzene rings is 1. The van der Waals surface area contributed by atoms with Gasteiger partial charge in [0.2, 0.25) is 5.91 Å². The molecule has 0 atom stereocenters. The summed E-state index contributed by atoms with van der Waals surface area (Å²) in [5, 5.41) is 5.45. The van der Waals surface area contributed by atoms with Crippen LogP contribution in [0.3, 0.4) is 0 Å². The molecule has 1 heterocycles. The number of primary amides is 1. The smallest absolute Gasteiger partial charge is 0.223 e. The Hall–Kier alpha value is -1.26. The summed E-state index contributed by atoms with van der Waals surface area (Å²) in [5.74, 6) is -0.348. The molecule has 4 nitrogen and oxygen atoms in total. The maximum atomic E-state index is 11.0. The summed E-state index contributed by atoms with van der Waals surface area (Å²) in [6, 6.07) is 8.16. The number of carbonyl (C=O) groups excluding carboxylic acids is 1. The van der Waals surface area contributed by atoms with Gasteiger partial charge in [-0.1, -0.05) is 18.2 Å². The molecule has 0 bridgehead atoms. The van der Waals surface area contributed by atoms with Crippen LogP contribution in [0.5, 0.6) is 0 Å². The number of nitrogens with two attached hydrogens (primary N) is 1. The number of amides is 1. The maximum Gasteiger partial charge on any atom is 0.223 e. The van der Waals surface area contributed by atoms with Gasteiger partial charge in [-0.2, -0.15) is 5.10 Å². The van der Waals surface area contributed by atoms with E-state index in [0.29, 0.717) is 0 Å². The molecule has 18 heavy (non-hydrogen) atoms. The summed E-state index contributed by atoms with van der Waals surface area (Å²) in [6.45, 7) is 4.13. The summed E-state index contributed by atoms with van der Waals surface area (Å²) in [7, 11) is 0. The predicted octanol–water partition coefficient (Wildman–Crippen LogP) is 2.49. The van der Waals surface area contributed by atoms with Crippen molar-refractivity contribution >= 4 is 41.6 Å². The lowest BCUT2D eigenvalue weighted by Crippen LogP contribution is -2.14. The third-order valence-corrected chi connectivity index (χ3v) is 2.52. The van der Waals surface area contributed by atoms with Gasteiger partial charge in [-0.3, -0.25) is 9.48 Å². The Kier molecular flexibility index (Phi) is 6.15. The largest absolute Gasteiger partial charge is 0.369 e. The van der Waals surface area contributed by atoms with Gasteiger partial charge in [0.15, 0.2) is 0 Å². The molecule has 0 saturated heterocycles. The molecule has 0 aliphatic heterocycles. The highest BCUT2D eigenvalue weighted by molar-refractivity contribution is 5.87. The second-order valence-corrected chi connectivity index (χ2v) is 4.15. The Bertz CT molecular complexity index is 537. The van der Waals surface area contributed by atoms with E-state index in [0.717, 1.165) is 16.6 Å². The zero-order valence-electron chi connectivity index (χ0n) is 10.3. The minimum Gasteiger partial charge on any atom is -0.369 e. The number of halogens is 2. The molecule has 6 heteroatoms. The molecule has 0 radical (unpaired) electrons. The number of rotatable bonds is 3. The van der Waals surface area contributed by atoms with Crippen molar-refractivity contribution in [1.82, 2.24) is 9.78 Å². The van der Waals surface area contributed by atoms with Crippen molar-refractivity contribution in [3.63, 3.8) is 0 Å². The van der Waals surface area contributed by atoms with Crippen LogP contribution in [0.25, 0.3) is 10.9 Å². The average molecular weight is 290 g/mol. The molecular formula is C12H17Cl2N3O. The lowest BCUT2D eigenvalue weighted by molar-refractivity contribution is -0.117. The minimum atomic E-state index is -0.348. The summed E-state index contributed by atoms with van der Waals surface area (Å²) < 4.78 is 1.92. The summed E-state index contributed by atoms with van der Waals surface area (Å²) in [4.78, 5) is 11.0. The zero-order valence-corrected chi connectivity index (χ0v) is 11.9. The Morgan fingerprint density at radius 2 is 1.94 bits per heavy atom. The monoisotopic (exact) mass is 289 g/mol. The van der Waals surface area contributed by atoms with Crippen LogP contribution in [0.4, 0.5) is 0 Å². The number of aromatic nitrogens is 2. The van der Waals surface area contributed by atoms with E-state index < -0.39 is 0 Å². The number of fused-ring (bicyclic) bond motifs is 1. The van der Waals surface area contributed by atoms with E-state index in [1.54, 1.807) is 0 Å². The first-order chi connectivity index (χ1) is 7.59. The number of hydrogen-bond donors (Lipinski definition) is 1. The number of hydrogen-bond acceptors (Lipinski definition) is 2. The summed E-state index contributed by atoms with van der Waals surface area (Å²) in [6.07, 6.45) is 0.195. The van der Waals surface area contributed by atoms with Gasteiger partial charge in [-0.25, -0.2) is 0 Å². The Morgan fingerprint density at radius 3 is 2.50 bits per heavy atom. The molecule has 0 spiro atoms. The first kappa shape index (κ1) is 16.7. The highest BCUT2D eigenvalue weighted by Gasteiger charge is 2.13. The van der Waals surface area contributed by atoms with Crippen molar-refractivity contribution in [3.05, 3.63) is 30.0 Å². The van der Waals surface area contributed by atoms with Crippen molar-refractivity contribution in [2.45, 2.75) is 26.3 Å². The first-order valence-corrected chi connectivity index (χ1v) is 5.34. The highest BCUT2D eigenvalue weighted by Crippen LogP contribution is 2.21. The van der Waals surface area contributed by atoms with Gasteiger partial charge in [0.05, 0.1) is 17.6 Å². The fraction of sp³-hybridized carbons (Fsp3) is 0.333. The molecule has 1 aromatic heterocycles. The topological polar surface area (TPSA) is 60.9 Å². The van der Waals surface area contributed by atoms with Crippen molar-refractivity contribution < 1.29 is 4.79 Å². The second-order valence-electron chi connectivity index (χ2n) is 4.15. The van der Waals surface area contributed by atoms with Gasteiger partial charge in [-0.15, -0.1) is 24.8 Å². The van der Waals surface area contributed by atoms with Crippen LogP contribution in [-0.4, -0.2) is 15.7 Å². The van der Waals surface area contributed by atoms with Crippen LogP contribution in [0, 0.1) is 0 Å². The molecule has 1 amide bonds. The van der Waals surface area contributed by atoms with E-state index in [2.05, 4.69) is 18.9 Å². The van der Waals surface area contributed by atoms with E-state index in [9.17, 15) is 4.79 Å². The molecule has 0 aliphatic rings. The van der Waals surface area contributed by atoms with Crippen LogP contribution in [0.1, 0.15) is 25.6 Å². The SMILES string of the molecule is CC(C)n1nc(CC(N)=O)c2ccccc21.Cl.Cl. The van der Waals surface area contributed by atoms with Gasteiger partial charge >= 0.3 is 0 Å². The normalized spacial score (nSPS) is 9.94. The molecule has 0 saturated carbocycles. The standard InChI is InChI=1S/C12H15N3O.2ClH/c1-8(2)15-11-6-4-3-5-9(11)10(14-15)7-12(13)16;;/h3-6,8H,7H2,1-2H3,(H2,13,16);2*1H. The number of para-hydroxylation sites is 1. The minimum absolute atomic E-state index is 0. The fourth-order valence-electron chi connectivity index (χ4n) is 1.84.